The van der Waals surface area contributed by atoms with Crippen LogP contribution in [0.2, 0.25) is 0 Å². The number of hydrogen-bond donors (Lipinski definition) is 3. The van der Waals surface area contributed by atoms with E-state index in [9.17, 15) is 18.3 Å². The molecule has 11 heteroatoms. The zero-order valence-electron chi connectivity index (χ0n) is 15.2. The number of alkyl halides is 2. The number of nitrogens with one attached hydrogen (secondary N) is 2. The maximum Gasteiger partial charge on any atom is 0.236 e. The smallest absolute Gasteiger partial charge is 0.236 e. The molecule has 2 aliphatic rings. The molecule has 0 aromatic rings. The van der Waals surface area contributed by atoms with Crippen LogP contribution in [0.3, 0.4) is 0 Å². The number of halogens is 2. The first-order chi connectivity index (χ1) is 12.7. The van der Waals surface area contributed by atoms with Crippen molar-refractivity contribution < 1.29 is 18.3 Å². The molecule has 1 saturated carbocycles. The molecule has 0 aromatic heterocycles. The number of sulfonamides is 1. The fourth-order valence-corrected chi connectivity index (χ4v) is 4.34. The highest BCUT2D eigenvalue weighted by Gasteiger charge is 2.34. The van der Waals surface area contributed by atoms with Gasteiger partial charge in [0, 0.05) is 50.7 Å². The van der Waals surface area contributed by atoms with Gasteiger partial charge in [-0.25, -0.2) is 13.1 Å². The summed E-state index contributed by atoms with van der Waals surface area (Å²) < 4.78 is 25.0. The van der Waals surface area contributed by atoms with Crippen LogP contribution < -0.4 is 10.0 Å². The van der Waals surface area contributed by atoms with Gasteiger partial charge in [0.05, 0.1) is 23.4 Å². The average Bonchev–Trinajstić information content (AvgIpc) is 2.64. The van der Waals surface area contributed by atoms with Crippen LogP contribution in [0, 0.1) is 0 Å². The number of amides is 1. The summed E-state index contributed by atoms with van der Waals surface area (Å²) in [6.07, 6.45) is 0.334. The van der Waals surface area contributed by atoms with Crippen LogP contribution in [0.5, 0.6) is 0 Å². The van der Waals surface area contributed by atoms with Crippen molar-refractivity contribution in [2.24, 2.45) is 0 Å². The molecule has 3 N–H and O–H groups in total. The Balaban J connectivity index is 1.67. The minimum Gasteiger partial charge on any atom is -0.391 e. The highest BCUT2D eigenvalue weighted by atomic mass is 35.5. The predicted molar refractivity (Wildman–Crippen MR) is 106 cm³/mol. The molecule has 4 atom stereocenters. The van der Waals surface area contributed by atoms with Gasteiger partial charge in [0.2, 0.25) is 15.9 Å². The molecular weight excluding hydrogens is 415 g/mol. The zero-order chi connectivity index (χ0) is 20.0. The second-order valence-corrected chi connectivity index (χ2v) is 9.72. The minimum atomic E-state index is -3.40. The maximum atomic E-state index is 12.4. The molecule has 1 heterocycles. The lowest BCUT2D eigenvalue weighted by Gasteiger charge is -2.36. The number of nitrogens with zero attached hydrogens (tertiary/aromatic N) is 2. The second-order valence-electron chi connectivity index (χ2n) is 6.89. The van der Waals surface area contributed by atoms with Gasteiger partial charge in [-0.15, -0.1) is 23.2 Å². The Morgan fingerprint density at radius 2 is 1.81 bits per heavy atom. The van der Waals surface area contributed by atoms with E-state index in [1.54, 1.807) is 4.90 Å². The quantitative estimate of drug-likeness (QED) is 0.438. The zero-order valence-corrected chi connectivity index (χ0v) is 17.5. The highest BCUT2D eigenvalue weighted by Crippen LogP contribution is 2.28. The largest absolute Gasteiger partial charge is 0.391 e. The van der Waals surface area contributed by atoms with E-state index < -0.39 is 16.1 Å². The van der Waals surface area contributed by atoms with Crippen molar-refractivity contribution in [2.45, 2.75) is 35.7 Å². The van der Waals surface area contributed by atoms with Crippen molar-refractivity contribution in [3.8, 4) is 0 Å². The molecule has 1 aliphatic carbocycles. The van der Waals surface area contributed by atoms with Crippen molar-refractivity contribution in [1.82, 2.24) is 19.8 Å². The lowest BCUT2D eigenvalue weighted by molar-refractivity contribution is -0.132. The number of hydrogen-bond acceptors (Lipinski definition) is 6. The number of carbonyl (C=O) groups is 1. The molecule has 0 spiro atoms. The standard InChI is InChI=1S/C16H28Cl2N4O4S/c1-2-27(25,26)20-3-4-21-5-7-22(8-6-21)16(24)11-19-14-9-12(17)13(18)10-15(14)23/h2,12-15,19-20,23H,1,3-11H2. The van der Waals surface area contributed by atoms with Crippen molar-refractivity contribution in [3.05, 3.63) is 12.0 Å². The monoisotopic (exact) mass is 442 g/mol. The number of carbonyl (C=O) groups excluding carboxylic acids is 1. The number of aliphatic hydroxyl groups excluding tert-OH is 1. The Hall–Kier alpha value is -0.420. The van der Waals surface area contributed by atoms with Crippen LogP contribution in [0.25, 0.3) is 0 Å². The molecule has 0 aromatic carbocycles. The number of piperazine rings is 1. The molecule has 2 fully saturated rings. The molecule has 4 unspecified atom stereocenters. The van der Waals surface area contributed by atoms with Crippen molar-refractivity contribution >= 4 is 39.1 Å². The normalized spacial score (nSPS) is 30.3. The van der Waals surface area contributed by atoms with Crippen LogP contribution in [0.4, 0.5) is 0 Å². The molecule has 0 bridgehead atoms. The van der Waals surface area contributed by atoms with Gasteiger partial charge in [-0.05, 0) is 12.8 Å². The third-order valence-electron chi connectivity index (χ3n) is 4.99. The van der Waals surface area contributed by atoms with Gasteiger partial charge < -0.3 is 15.3 Å². The first-order valence-electron chi connectivity index (χ1n) is 9.03. The van der Waals surface area contributed by atoms with E-state index in [1.165, 1.54) is 0 Å². The topological polar surface area (TPSA) is 102 Å². The molecule has 8 nitrogen and oxygen atoms in total. The SMILES string of the molecule is C=CS(=O)(=O)NCCN1CCN(C(=O)CNC2CC(Cl)C(Cl)CC2O)CC1. The summed E-state index contributed by atoms with van der Waals surface area (Å²) in [5, 5.41) is 13.6. The first kappa shape index (κ1) is 22.9. The molecule has 27 heavy (non-hydrogen) atoms. The van der Waals surface area contributed by atoms with Crippen LogP contribution in [-0.4, -0.2) is 97.9 Å². The fraction of sp³-hybridized carbons (Fsp3) is 0.812. The molecular formula is C16H28Cl2N4O4S. The Kier molecular flexibility index (Phi) is 8.79. The number of aliphatic hydroxyl groups is 1. The first-order valence-corrected chi connectivity index (χ1v) is 11.5. The lowest BCUT2D eigenvalue weighted by Crippen LogP contribution is -2.54. The van der Waals surface area contributed by atoms with E-state index in [4.69, 9.17) is 23.2 Å². The molecule has 1 saturated heterocycles. The average molecular weight is 443 g/mol. The van der Waals surface area contributed by atoms with Crippen LogP contribution in [0.15, 0.2) is 12.0 Å². The van der Waals surface area contributed by atoms with E-state index in [1.807, 2.05) is 0 Å². The van der Waals surface area contributed by atoms with E-state index in [0.717, 1.165) is 5.41 Å². The van der Waals surface area contributed by atoms with Gasteiger partial charge >= 0.3 is 0 Å². The summed E-state index contributed by atoms with van der Waals surface area (Å²) in [6, 6.07) is -0.231. The van der Waals surface area contributed by atoms with Crippen molar-refractivity contribution in [3.63, 3.8) is 0 Å². The van der Waals surface area contributed by atoms with Gasteiger partial charge in [-0.2, -0.15) is 0 Å². The van der Waals surface area contributed by atoms with E-state index >= 15 is 0 Å². The van der Waals surface area contributed by atoms with Crippen LogP contribution in [0.1, 0.15) is 12.8 Å². The Morgan fingerprint density at radius 1 is 1.19 bits per heavy atom. The summed E-state index contributed by atoms with van der Waals surface area (Å²) in [6.45, 7) is 6.83. The van der Waals surface area contributed by atoms with Gasteiger partial charge in [0.1, 0.15) is 0 Å². The predicted octanol–water partition coefficient (Wildman–Crippen LogP) is -0.479. The van der Waals surface area contributed by atoms with Gasteiger partial charge in [0.25, 0.3) is 0 Å². The van der Waals surface area contributed by atoms with Gasteiger partial charge in [-0.1, -0.05) is 6.58 Å². The lowest BCUT2D eigenvalue weighted by atomic mass is 9.91. The molecule has 0 radical (unpaired) electrons. The maximum absolute atomic E-state index is 12.4. The minimum absolute atomic E-state index is 0.0201. The van der Waals surface area contributed by atoms with Crippen LogP contribution >= 0.6 is 23.2 Å². The fourth-order valence-electron chi connectivity index (χ4n) is 3.27. The third-order valence-corrected chi connectivity index (χ3v) is 7.13. The highest BCUT2D eigenvalue weighted by molar-refractivity contribution is 7.92. The van der Waals surface area contributed by atoms with Crippen molar-refractivity contribution in [1.29, 1.82) is 0 Å². The third kappa shape index (κ3) is 7.16. The summed E-state index contributed by atoms with van der Waals surface area (Å²) in [5.74, 6) is -0.0201. The summed E-state index contributed by atoms with van der Waals surface area (Å²) in [5.41, 5.74) is 0. The van der Waals surface area contributed by atoms with Crippen LogP contribution in [-0.2, 0) is 14.8 Å². The summed E-state index contributed by atoms with van der Waals surface area (Å²) in [4.78, 5) is 16.3. The van der Waals surface area contributed by atoms with E-state index in [-0.39, 0.29) is 29.2 Å². The Bertz CT molecular complexity index is 614. The van der Waals surface area contributed by atoms with Crippen molar-refractivity contribution in [2.75, 3.05) is 45.8 Å². The van der Waals surface area contributed by atoms with E-state index in [0.29, 0.717) is 52.1 Å². The Labute approximate surface area is 170 Å². The molecule has 1 aliphatic heterocycles. The molecule has 156 valence electrons. The van der Waals surface area contributed by atoms with E-state index in [2.05, 4.69) is 21.5 Å². The van der Waals surface area contributed by atoms with Gasteiger partial charge in [0.15, 0.2) is 0 Å². The van der Waals surface area contributed by atoms with Gasteiger partial charge in [-0.3, -0.25) is 9.69 Å². The summed E-state index contributed by atoms with van der Waals surface area (Å²) in [7, 11) is -3.40. The second kappa shape index (κ2) is 10.4. The summed E-state index contributed by atoms with van der Waals surface area (Å²) >= 11 is 12.2. The Morgan fingerprint density at radius 3 is 2.44 bits per heavy atom. The molecule has 2 rings (SSSR count). The molecule has 1 amide bonds. The number of rotatable bonds is 8.